The molecule has 0 aromatic heterocycles. The van der Waals surface area contributed by atoms with Gasteiger partial charge < -0.3 is 5.11 Å². The van der Waals surface area contributed by atoms with Gasteiger partial charge in [0.05, 0.1) is 11.1 Å². The fourth-order valence-electron chi connectivity index (χ4n) is 1.82. The molecule has 2 nitrogen and oxygen atoms in total. The van der Waals surface area contributed by atoms with E-state index in [2.05, 4.69) is 0 Å². The summed E-state index contributed by atoms with van der Waals surface area (Å²) in [7, 11) is 0. The van der Waals surface area contributed by atoms with Crippen LogP contribution in [0, 0.1) is 5.92 Å². The monoisotopic (exact) mass is 322 g/mol. The number of thioether (sulfide) groups is 1. The summed E-state index contributed by atoms with van der Waals surface area (Å²) in [6, 6.07) is 2.31. The van der Waals surface area contributed by atoms with Gasteiger partial charge in [-0.15, -0.1) is 11.8 Å². The van der Waals surface area contributed by atoms with Crippen LogP contribution in [-0.2, 0) is 11.8 Å². The topological polar surface area (TPSA) is 37.3 Å². The highest BCUT2D eigenvalue weighted by Crippen LogP contribution is 2.42. The van der Waals surface area contributed by atoms with E-state index in [1.807, 2.05) is 13.8 Å². The first-order valence-corrected chi connectivity index (χ1v) is 7.64. The van der Waals surface area contributed by atoms with Crippen molar-refractivity contribution in [1.82, 2.24) is 0 Å². The van der Waals surface area contributed by atoms with Gasteiger partial charge in [-0.1, -0.05) is 20.8 Å². The molecule has 0 aliphatic rings. The molecule has 0 saturated heterocycles. The molecule has 1 N–H and O–H groups in total. The number of hydrogen-bond donors (Lipinski definition) is 1. The number of rotatable bonds is 6. The van der Waals surface area contributed by atoms with Crippen LogP contribution in [0.5, 0.6) is 0 Å². The summed E-state index contributed by atoms with van der Waals surface area (Å²) in [4.78, 5) is 11.5. The number of hydrogen-bond acceptors (Lipinski definition) is 2. The van der Waals surface area contributed by atoms with Gasteiger partial charge in [0.2, 0.25) is 0 Å². The molecular formula is C14H17ClF2O2S. The summed E-state index contributed by atoms with van der Waals surface area (Å²) in [5, 5.41) is 5.66. The molecular weight excluding hydrogens is 306 g/mol. The minimum absolute atomic E-state index is 0.0587. The van der Waals surface area contributed by atoms with Crippen molar-refractivity contribution in [2.45, 2.75) is 37.5 Å². The quantitative estimate of drug-likeness (QED) is 0.592. The first kappa shape index (κ1) is 17.2. The van der Waals surface area contributed by atoms with E-state index in [9.17, 15) is 13.6 Å². The van der Waals surface area contributed by atoms with Gasteiger partial charge in [0.1, 0.15) is 0 Å². The maximum atomic E-state index is 13.5. The first-order valence-electron chi connectivity index (χ1n) is 6.27. The van der Waals surface area contributed by atoms with Crippen LogP contribution in [0.15, 0.2) is 17.0 Å². The number of aromatic carboxylic acids is 1. The lowest BCUT2D eigenvalue weighted by Gasteiger charge is -2.19. The van der Waals surface area contributed by atoms with E-state index in [0.29, 0.717) is 28.6 Å². The summed E-state index contributed by atoms with van der Waals surface area (Å²) in [6.45, 7) is 5.69. The van der Waals surface area contributed by atoms with Gasteiger partial charge in [-0.05, 0) is 41.6 Å². The van der Waals surface area contributed by atoms with Gasteiger partial charge in [0.25, 0.3) is 0 Å². The van der Waals surface area contributed by atoms with Crippen molar-refractivity contribution in [2.24, 2.45) is 5.92 Å². The fraction of sp³-hybridized carbons (Fsp3) is 0.500. The molecule has 0 bridgehead atoms. The Balaban J connectivity index is 3.43. The van der Waals surface area contributed by atoms with E-state index in [4.69, 9.17) is 16.7 Å². The van der Waals surface area contributed by atoms with E-state index in [1.165, 1.54) is 17.8 Å². The van der Waals surface area contributed by atoms with Crippen molar-refractivity contribution in [3.8, 4) is 0 Å². The van der Waals surface area contributed by atoms with Crippen molar-refractivity contribution in [1.29, 1.82) is 0 Å². The maximum Gasteiger partial charge on any atom is 0.349 e. The lowest BCUT2D eigenvalue weighted by atomic mass is 10.0. The Morgan fingerprint density at radius 1 is 1.45 bits per heavy atom. The van der Waals surface area contributed by atoms with Crippen LogP contribution >= 0.6 is 23.4 Å². The minimum atomic E-state index is -3.50. The predicted octanol–water partition coefficient (Wildman–Crippen LogP) is 4.98. The molecule has 1 rings (SSSR count). The Bertz CT molecular complexity index is 499. The summed E-state index contributed by atoms with van der Waals surface area (Å²) in [5.41, 5.74) is 0.163. The first-order chi connectivity index (χ1) is 9.18. The smallest absolute Gasteiger partial charge is 0.349 e. The van der Waals surface area contributed by atoms with Crippen LogP contribution in [0.2, 0.25) is 0 Å². The Morgan fingerprint density at radius 2 is 2.05 bits per heavy atom. The lowest BCUT2D eigenvalue weighted by Crippen LogP contribution is -2.12. The van der Waals surface area contributed by atoms with Crippen molar-refractivity contribution >= 4 is 29.3 Å². The van der Waals surface area contributed by atoms with Gasteiger partial charge in [-0.3, -0.25) is 0 Å². The van der Waals surface area contributed by atoms with E-state index in [-0.39, 0.29) is 11.1 Å². The number of carboxylic acid groups (broad SMARTS) is 1. The van der Waals surface area contributed by atoms with Crippen LogP contribution in [-0.4, -0.2) is 16.8 Å². The van der Waals surface area contributed by atoms with Gasteiger partial charge in [0.15, 0.2) is 0 Å². The molecule has 1 aromatic rings. The van der Waals surface area contributed by atoms with Crippen LogP contribution in [0.25, 0.3) is 0 Å². The lowest BCUT2D eigenvalue weighted by molar-refractivity contribution is 0.0692. The summed E-state index contributed by atoms with van der Waals surface area (Å²) in [6.07, 6.45) is 0.364. The minimum Gasteiger partial charge on any atom is -0.478 e. The Morgan fingerprint density at radius 3 is 2.45 bits per heavy atom. The second-order valence-corrected chi connectivity index (χ2v) is 6.33. The second kappa shape index (κ2) is 6.76. The highest BCUT2D eigenvalue weighted by atomic mass is 35.5. The van der Waals surface area contributed by atoms with Crippen molar-refractivity contribution in [2.75, 3.05) is 5.75 Å². The van der Waals surface area contributed by atoms with E-state index in [0.717, 1.165) is 6.07 Å². The molecule has 0 radical (unpaired) electrons. The highest BCUT2D eigenvalue weighted by Gasteiger charge is 2.33. The average molecular weight is 323 g/mol. The number of carboxylic acids is 1. The zero-order chi connectivity index (χ0) is 15.5. The highest BCUT2D eigenvalue weighted by molar-refractivity contribution is 7.99. The van der Waals surface area contributed by atoms with Crippen LogP contribution in [0.4, 0.5) is 8.78 Å². The number of benzene rings is 1. The molecule has 6 heteroatoms. The molecule has 20 heavy (non-hydrogen) atoms. The van der Waals surface area contributed by atoms with Gasteiger partial charge >= 0.3 is 11.4 Å². The Kier molecular flexibility index (Phi) is 5.83. The normalized spacial score (nSPS) is 11.9. The number of halogens is 3. The Hall–Kier alpha value is -0.810. The zero-order valence-electron chi connectivity index (χ0n) is 11.5. The SMILES string of the molecule is CCc1c(C(=O)O)ccc(C(F)(F)Cl)c1SCC(C)C. The van der Waals surface area contributed by atoms with E-state index in [1.54, 1.807) is 6.92 Å². The third-order valence-electron chi connectivity index (χ3n) is 2.71. The third kappa shape index (κ3) is 4.09. The number of alkyl halides is 3. The molecule has 0 saturated carbocycles. The Labute approximate surface area is 126 Å². The fourth-order valence-corrected chi connectivity index (χ4v) is 3.31. The molecule has 1 aromatic carbocycles. The van der Waals surface area contributed by atoms with E-state index >= 15 is 0 Å². The van der Waals surface area contributed by atoms with Crippen LogP contribution in [0.1, 0.15) is 42.3 Å². The standard InChI is InChI=1S/C14H17ClF2O2S/c1-4-9-10(13(18)19)5-6-11(14(15,16)17)12(9)20-7-8(2)3/h5-6,8H,4,7H2,1-3H3,(H,18,19). The summed E-state index contributed by atoms with van der Waals surface area (Å²) < 4.78 is 27.0. The van der Waals surface area contributed by atoms with Crippen LogP contribution < -0.4 is 0 Å². The second-order valence-electron chi connectivity index (χ2n) is 4.83. The molecule has 0 aliphatic carbocycles. The van der Waals surface area contributed by atoms with Gasteiger partial charge in [-0.2, -0.15) is 8.78 Å². The average Bonchev–Trinajstić information content (AvgIpc) is 2.33. The largest absolute Gasteiger partial charge is 0.478 e. The summed E-state index contributed by atoms with van der Waals surface area (Å²) >= 11 is 6.38. The van der Waals surface area contributed by atoms with Crippen molar-refractivity contribution in [3.05, 3.63) is 28.8 Å². The molecule has 0 amide bonds. The molecule has 0 fully saturated rings. The molecule has 0 atom stereocenters. The molecule has 112 valence electrons. The van der Waals surface area contributed by atoms with Crippen LogP contribution in [0.3, 0.4) is 0 Å². The molecule has 0 aliphatic heterocycles. The molecule has 0 heterocycles. The molecule has 0 unspecified atom stereocenters. The van der Waals surface area contributed by atoms with Gasteiger partial charge in [-0.25, -0.2) is 4.79 Å². The van der Waals surface area contributed by atoms with Crippen molar-refractivity contribution < 1.29 is 18.7 Å². The van der Waals surface area contributed by atoms with Gasteiger partial charge in [0, 0.05) is 10.6 Å². The summed E-state index contributed by atoms with van der Waals surface area (Å²) in [5.74, 6) is -0.191. The maximum absolute atomic E-state index is 13.5. The third-order valence-corrected chi connectivity index (χ3v) is 4.50. The van der Waals surface area contributed by atoms with Crippen molar-refractivity contribution in [3.63, 3.8) is 0 Å². The predicted molar refractivity (Wildman–Crippen MR) is 78.1 cm³/mol. The number of carbonyl (C=O) groups is 1. The molecule has 0 spiro atoms. The zero-order valence-corrected chi connectivity index (χ0v) is 13.1. The van der Waals surface area contributed by atoms with E-state index < -0.39 is 11.4 Å².